The average Bonchev–Trinajstić information content (AvgIpc) is 3.30. The quantitative estimate of drug-likeness (QED) is 0.427. The number of nitrogens with one attached hydrogen (secondary N) is 3. The monoisotopic (exact) mass is 484 g/mol. The highest BCUT2D eigenvalue weighted by molar-refractivity contribution is 7.09. The summed E-state index contributed by atoms with van der Waals surface area (Å²) in [4.78, 5) is 29.6. The molecule has 1 heterocycles. The van der Waals surface area contributed by atoms with Crippen LogP contribution in [0.15, 0.2) is 60.0 Å². The molecule has 0 saturated heterocycles. The maximum absolute atomic E-state index is 12.8. The molecule has 2 atom stereocenters. The van der Waals surface area contributed by atoms with E-state index in [1.807, 2.05) is 30.3 Å². The van der Waals surface area contributed by atoms with E-state index in [0.29, 0.717) is 21.5 Å². The van der Waals surface area contributed by atoms with E-state index in [9.17, 15) is 9.59 Å². The zero-order valence-electron chi connectivity index (χ0n) is 17.9. The number of ether oxygens (including phenoxy) is 1. The number of halogens is 1. The predicted molar refractivity (Wildman–Crippen MR) is 130 cm³/mol. The van der Waals surface area contributed by atoms with Crippen LogP contribution in [0.1, 0.15) is 41.2 Å². The van der Waals surface area contributed by atoms with Crippen LogP contribution < -0.4 is 20.7 Å². The Morgan fingerprint density at radius 3 is 2.42 bits per heavy atom. The summed E-state index contributed by atoms with van der Waals surface area (Å²) in [6.07, 6.45) is 3.62. The number of urea groups is 1. The van der Waals surface area contributed by atoms with Crippen LogP contribution in [-0.2, 0) is 6.61 Å². The Bertz CT molecular complexity index is 1070. The number of carbonyl (C=O) groups is 2. The van der Waals surface area contributed by atoms with Crippen molar-refractivity contribution in [3.05, 3.63) is 75.7 Å². The van der Waals surface area contributed by atoms with Crippen molar-refractivity contribution in [1.29, 1.82) is 0 Å². The van der Waals surface area contributed by atoms with Crippen LogP contribution in [0.5, 0.6) is 5.75 Å². The molecule has 33 heavy (non-hydrogen) atoms. The van der Waals surface area contributed by atoms with Crippen molar-refractivity contribution >= 4 is 40.6 Å². The molecule has 1 aliphatic rings. The van der Waals surface area contributed by atoms with Gasteiger partial charge in [-0.15, -0.1) is 11.3 Å². The van der Waals surface area contributed by atoms with Crippen LogP contribution in [0.2, 0.25) is 5.02 Å². The van der Waals surface area contributed by atoms with Crippen LogP contribution >= 0.6 is 22.9 Å². The molecule has 0 spiro atoms. The van der Waals surface area contributed by atoms with E-state index >= 15 is 0 Å². The Morgan fingerprint density at radius 2 is 1.70 bits per heavy atom. The molecule has 3 amide bonds. The second kappa shape index (κ2) is 11.2. The molecular weight excluding hydrogens is 460 g/mol. The topological polar surface area (TPSA) is 92.4 Å². The molecule has 3 N–H and O–H groups in total. The van der Waals surface area contributed by atoms with E-state index in [0.717, 1.165) is 31.4 Å². The maximum atomic E-state index is 12.8. The van der Waals surface area contributed by atoms with Gasteiger partial charge in [0, 0.05) is 22.1 Å². The molecule has 172 valence electrons. The summed E-state index contributed by atoms with van der Waals surface area (Å²) in [6.45, 7) is 0.271. The van der Waals surface area contributed by atoms with Crippen LogP contribution in [0.4, 0.5) is 10.5 Å². The minimum atomic E-state index is -0.275. The number of rotatable bonds is 7. The maximum Gasteiger partial charge on any atom is 0.319 e. The predicted octanol–water partition coefficient (Wildman–Crippen LogP) is 5.24. The molecule has 4 rings (SSSR count). The van der Waals surface area contributed by atoms with E-state index in [1.165, 1.54) is 11.3 Å². The number of hydrogen-bond donors (Lipinski definition) is 3. The van der Waals surface area contributed by atoms with Gasteiger partial charge in [0.05, 0.1) is 6.04 Å². The van der Waals surface area contributed by atoms with Crippen molar-refractivity contribution in [2.24, 2.45) is 0 Å². The lowest BCUT2D eigenvalue weighted by molar-refractivity contribution is 0.0911. The standard InChI is InChI=1S/C24H25ClN4O3S/c25-16-10-12-18(13-11-16)32-14-22-27-21(15-33-22)23(30)28-19-8-4-5-9-20(19)29-24(31)26-17-6-2-1-3-7-17/h1-3,6-7,10-13,15,19-20H,4-5,8-9,14H2,(H,28,30)(H2,26,29,31)/t19-,20-/m1/s1. The summed E-state index contributed by atoms with van der Waals surface area (Å²) in [5.41, 5.74) is 1.08. The van der Waals surface area contributed by atoms with E-state index < -0.39 is 0 Å². The molecule has 1 aromatic heterocycles. The van der Waals surface area contributed by atoms with Gasteiger partial charge in [-0.25, -0.2) is 9.78 Å². The van der Waals surface area contributed by atoms with Crippen molar-refractivity contribution in [2.45, 2.75) is 44.4 Å². The fourth-order valence-corrected chi connectivity index (χ4v) is 4.54. The lowest BCUT2D eigenvalue weighted by Gasteiger charge is -2.32. The fraction of sp³-hybridized carbons (Fsp3) is 0.292. The van der Waals surface area contributed by atoms with Crippen LogP contribution in [0, 0.1) is 0 Å². The van der Waals surface area contributed by atoms with E-state index in [4.69, 9.17) is 16.3 Å². The third-order valence-corrected chi connectivity index (χ3v) is 6.47. The summed E-state index contributed by atoms with van der Waals surface area (Å²) < 4.78 is 5.70. The second-order valence-corrected chi connectivity index (χ2v) is 9.18. The Labute approximate surface area is 201 Å². The number of amides is 3. The smallest absolute Gasteiger partial charge is 0.319 e. The van der Waals surface area contributed by atoms with Gasteiger partial charge in [0.1, 0.15) is 23.1 Å². The SMILES string of the molecule is O=C(Nc1ccccc1)N[C@@H]1CCCC[C@H]1NC(=O)c1csc(COc2ccc(Cl)cc2)n1. The average molecular weight is 485 g/mol. The fourth-order valence-electron chi connectivity index (χ4n) is 3.73. The third-order valence-electron chi connectivity index (χ3n) is 5.39. The van der Waals surface area contributed by atoms with Gasteiger partial charge in [-0.2, -0.15) is 0 Å². The van der Waals surface area contributed by atoms with Gasteiger partial charge >= 0.3 is 6.03 Å². The van der Waals surface area contributed by atoms with Crippen molar-refractivity contribution in [2.75, 3.05) is 5.32 Å². The van der Waals surface area contributed by atoms with Gasteiger partial charge in [0.2, 0.25) is 0 Å². The van der Waals surface area contributed by atoms with Crippen LogP contribution in [0.25, 0.3) is 0 Å². The van der Waals surface area contributed by atoms with Crippen molar-refractivity contribution in [3.63, 3.8) is 0 Å². The molecule has 0 radical (unpaired) electrons. The third kappa shape index (κ3) is 6.69. The van der Waals surface area contributed by atoms with E-state index in [1.54, 1.807) is 29.6 Å². The Hall–Kier alpha value is -3.10. The van der Waals surface area contributed by atoms with Gasteiger partial charge in [-0.3, -0.25) is 4.79 Å². The summed E-state index contributed by atoms with van der Waals surface area (Å²) in [6, 6.07) is 15.8. The molecule has 3 aromatic rings. The molecule has 1 saturated carbocycles. The molecule has 0 bridgehead atoms. The zero-order chi connectivity index (χ0) is 23.0. The van der Waals surface area contributed by atoms with Crippen molar-refractivity contribution in [3.8, 4) is 5.75 Å². The number of thiazole rings is 1. The summed E-state index contributed by atoms with van der Waals surface area (Å²) >= 11 is 7.26. The highest BCUT2D eigenvalue weighted by Gasteiger charge is 2.28. The molecule has 1 fully saturated rings. The first kappa shape index (κ1) is 23.1. The number of aromatic nitrogens is 1. The lowest BCUT2D eigenvalue weighted by Crippen LogP contribution is -2.54. The molecule has 0 aliphatic heterocycles. The summed E-state index contributed by atoms with van der Waals surface area (Å²) in [5.74, 6) is 0.441. The summed E-state index contributed by atoms with van der Waals surface area (Å²) in [7, 11) is 0. The van der Waals surface area contributed by atoms with Gasteiger partial charge in [-0.05, 0) is 49.2 Å². The van der Waals surface area contributed by atoms with Gasteiger partial charge in [0.15, 0.2) is 0 Å². The van der Waals surface area contributed by atoms with Gasteiger partial charge < -0.3 is 20.7 Å². The molecule has 1 aliphatic carbocycles. The van der Waals surface area contributed by atoms with E-state index in [-0.39, 0.29) is 30.6 Å². The molecule has 2 aromatic carbocycles. The second-order valence-electron chi connectivity index (χ2n) is 7.80. The highest BCUT2D eigenvalue weighted by atomic mass is 35.5. The number of nitrogens with zero attached hydrogens (tertiary/aromatic N) is 1. The van der Waals surface area contributed by atoms with Crippen molar-refractivity contribution < 1.29 is 14.3 Å². The lowest BCUT2D eigenvalue weighted by atomic mass is 9.90. The molecular formula is C24H25ClN4O3S. The van der Waals surface area contributed by atoms with E-state index in [2.05, 4.69) is 20.9 Å². The minimum absolute atomic E-state index is 0.141. The normalized spacial score (nSPS) is 17.7. The van der Waals surface area contributed by atoms with Crippen molar-refractivity contribution in [1.82, 2.24) is 15.6 Å². The van der Waals surface area contributed by atoms with Gasteiger partial charge in [-0.1, -0.05) is 42.6 Å². The van der Waals surface area contributed by atoms with Crippen LogP contribution in [-0.4, -0.2) is 29.0 Å². The number of carbonyl (C=O) groups excluding carboxylic acids is 2. The Morgan fingerprint density at radius 1 is 1.00 bits per heavy atom. The first-order valence-electron chi connectivity index (χ1n) is 10.8. The Balaban J connectivity index is 1.30. The Kier molecular flexibility index (Phi) is 7.80. The van der Waals surface area contributed by atoms with Gasteiger partial charge in [0.25, 0.3) is 5.91 Å². The number of para-hydroxylation sites is 1. The zero-order valence-corrected chi connectivity index (χ0v) is 19.5. The molecule has 7 nitrogen and oxygen atoms in total. The first-order chi connectivity index (χ1) is 16.1. The number of hydrogen-bond acceptors (Lipinski definition) is 5. The minimum Gasteiger partial charge on any atom is -0.486 e. The highest BCUT2D eigenvalue weighted by Crippen LogP contribution is 2.21. The van der Waals surface area contributed by atoms with Crippen LogP contribution in [0.3, 0.4) is 0 Å². The first-order valence-corrected chi connectivity index (χ1v) is 12.1. The largest absolute Gasteiger partial charge is 0.486 e. The molecule has 9 heteroatoms. The number of anilines is 1. The number of benzene rings is 2. The summed E-state index contributed by atoms with van der Waals surface area (Å²) in [5, 5.41) is 12.0. The molecule has 0 unspecified atom stereocenters.